The Balaban J connectivity index is 1.62. The first-order valence-corrected chi connectivity index (χ1v) is 13.5. The summed E-state index contributed by atoms with van der Waals surface area (Å²) in [6, 6.07) is 16.3. The lowest BCUT2D eigenvalue weighted by Crippen LogP contribution is -2.40. The van der Waals surface area contributed by atoms with Gasteiger partial charge in [0.15, 0.2) is 4.80 Å². The van der Waals surface area contributed by atoms with Crippen molar-refractivity contribution in [1.29, 1.82) is 0 Å². The number of benzene rings is 2. The van der Waals surface area contributed by atoms with Crippen LogP contribution in [0.1, 0.15) is 48.5 Å². The molecule has 0 saturated carbocycles. The zero-order valence-electron chi connectivity index (χ0n) is 22.0. The molecule has 5 rings (SSSR count). The Morgan fingerprint density at radius 1 is 1.07 bits per heavy atom. The van der Waals surface area contributed by atoms with Crippen LogP contribution in [0.15, 0.2) is 86.1 Å². The van der Waals surface area contributed by atoms with Gasteiger partial charge in [-0.3, -0.25) is 9.36 Å². The van der Waals surface area contributed by atoms with Crippen LogP contribution >= 0.6 is 11.3 Å². The number of ether oxygens (including phenoxy) is 2. The third kappa shape index (κ3) is 5.01. The molecule has 40 heavy (non-hydrogen) atoms. The standard InChI is InChI=1S/C30H26N2O7S/c1-4-37-23-9-7-6-8-21(23)26-25(29(36)38-5-2)17(3)31-30-32(26)27(33)24(40-30)16-20-14-15-22(39-20)18-10-12-19(13-11-18)28(34)35/h6-16,26H,4-5H2,1-3H3,(H,34,35)/b24-16-/t26-/m1/s1. The van der Waals surface area contributed by atoms with E-state index in [2.05, 4.69) is 4.99 Å². The van der Waals surface area contributed by atoms with Crippen molar-refractivity contribution in [3.63, 3.8) is 0 Å². The molecule has 4 aromatic rings. The average molecular weight is 559 g/mol. The summed E-state index contributed by atoms with van der Waals surface area (Å²) >= 11 is 1.19. The zero-order chi connectivity index (χ0) is 28.4. The average Bonchev–Trinajstić information content (AvgIpc) is 3.53. The number of thiazole rings is 1. The number of carbonyl (C=O) groups is 2. The van der Waals surface area contributed by atoms with E-state index in [-0.39, 0.29) is 23.3 Å². The van der Waals surface area contributed by atoms with Gasteiger partial charge in [-0.25, -0.2) is 14.6 Å². The van der Waals surface area contributed by atoms with Crippen molar-refractivity contribution < 1.29 is 28.6 Å². The van der Waals surface area contributed by atoms with Crippen LogP contribution in [0, 0.1) is 0 Å². The summed E-state index contributed by atoms with van der Waals surface area (Å²) in [7, 11) is 0. The normalized spacial score (nSPS) is 15.0. The quantitative estimate of drug-likeness (QED) is 0.323. The van der Waals surface area contributed by atoms with Gasteiger partial charge in [-0.2, -0.15) is 0 Å². The molecule has 0 bridgehead atoms. The van der Waals surface area contributed by atoms with Crippen LogP contribution in [0.25, 0.3) is 17.4 Å². The largest absolute Gasteiger partial charge is 0.494 e. The van der Waals surface area contributed by atoms with Gasteiger partial charge < -0.3 is 19.0 Å². The maximum atomic E-state index is 13.9. The molecule has 0 unspecified atom stereocenters. The predicted molar refractivity (Wildman–Crippen MR) is 149 cm³/mol. The van der Waals surface area contributed by atoms with Crippen LogP contribution in [-0.2, 0) is 9.53 Å². The Kier molecular flexibility index (Phi) is 7.52. The number of carboxylic acids is 1. The number of fused-ring (bicyclic) bond motifs is 1. The summed E-state index contributed by atoms with van der Waals surface area (Å²) in [6.45, 7) is 5.92. The van der Waals surface area contributed by atoms with Gasteiger partial charge in [0.1, 0.15) is 23.3 Å². The van der Waals surface area contributed by atoms with Crippen molar-refractivity contribution in [3.05, 3.63) is 109 Å². The number of rotatable bonds is 8. The van der Waals surface area contributed by atoms with Gasteiger partial charge in [-0.15, -0.1) is 0 Å². The maximum Gasteiger partial charge on any atom is 0.338 e. The second-order valence-electron chi connectivity index (χ2n) is 8.86. The van der Waals surface area contributed by atoms with Crippen molar-refractivity contribution in [2.45, 2.75) is 26.8 Å². The van der Waals surface area contributed by atoms with Crippen molar-refractivity contribution in [3.8, 4) is 17.1 Å². The van der Waals surface area contributed by atoms with E-state index in [1.165, 1.54) is 28.0 Å². The van der Waals surface area contributed by atoms with Crippen molar-refractivity contribution >= 4 is 29.4 Å². The van der Waals surface area contributed by atoms with Crippen LogP contribution in [0.5, 0.6) is 5.75 Å². The predicted octanol–water partition coefficient (Wildman–Crippen LogP) is 4.16. The minimum atomic E-state index is -1.01. The highest BCUT2D eigenvalue weighted by Crippen LogP contribution is 2.35. The Morgan fingerprint density at radius 2 is 1.82 bits per heavy atom. The summed E-state index contributed by atoms with van der Waals surface area (Å²) in [4.78, 5) is 43.2. The van der Waals surface area contributed by atoms with Crippen LogP contribution in [-0.4, -0.2) is 34.8 Å². The monoisotopic (exact) mass is 558 g/mol. The molecule has 1 N–H and O–H groups in total. The van der Waals surface area contributed by atoms with E-state index < -0.39 is 18.0 Å². The second kappa shape index (κ2) is 11.2. The number of carboxylic acid groups (broad SMARTS) is 1. The fraction of sp³-hybridized carbons (Fsp3) is 0.200. The molecular weight excluding hydrogens is 532 g/mol. The van der Waals surface area contributed by atoms with E-state index in [9.17, 15) is 14.4 Å². The highest BCUT2D eigenvalue weighted by Gasteiger charge is 2.35. The zero-order valence-corrected chi connectivity index (χ0v) is 22.9. The number of hydrogen-bond acceptors (Lipinski definition) is 8. The minimum absolute atomic E-state index is 0.176. The number of aromatic carboxylic acids is 1. The highest BCUT2D eigenvalue weighted by molar-refractivity contribution is 7.07. The highest BCUT2D eigenvalue weighted by atomic mass is 32.1. The van der Waals surface area contributed by atoms with E-state index in [0.717, 1.165) is 0 Å². The molecule has 2 aromatic heterocycles. The molecule has 9 nitrogen and oxygen atoms in total. The molecule has 1 aliphatic heterocycles. The SMILES string of the molecule is CCOC(=O)C1=C(C)N=c2s/c(=C\c3ccc(-c4ccc(C(=O)O)cc4)o3)c(=O)n2[C@@H]1c1ccccc1OCC. The van der Waals surface area contributed by atoms with Gasteiger partial charge >= 0.3 is 11.9 Å². The molecule has 0 amide bonds. The summed E-state index contributed by atoms with van der Waals surface area (Å²) < 4.78 is 19.1. The molecule has 10 heteroatoms. The van der Waals surface area contributed by atoms with Crippen LogP contribution < -0.4 is 19.6 Å². The molecule has 0 aliphatic carbocycles. The molecular formula is C30H26N2O7S. The van der Waals surface area contributed by atoms with Gasteiger partial charge in [0.05, 0.1) is 34.6 Å². The number of esters is 1. The first kappa shape index (κ1) is 26.9. The number of para-hydroxylation sites is 1. The Hall–Kier alpha value is -4.70. The summed E-state index contributed by atoms with van der Waals surface area (Å²) in [5, 5.41) is 9.13. The molecule has 0 radical (unpaired) electrons. The topological polar surface area (TPSA) is 120 Å². The third-order valence-corrected chi connectivity index (χ3v) is 7.33. The number of nitrogens with zero attached hydrogens (tertiary/aromatic N) is 2. The molecule has 1 atom stereocenters. The smallest absolute Gasteiger partial charge is 0.338 e. The first-order chi connectivity index (χ1) is 19.3. The van der Waals surface area contributed by atoms with E-state index >= 15 is 0 Å². The molecule has 0 saturated heterocycles. The number of furan rings is 1. The van der Waals surface area contributed by atoms with Crippen LogP contribution in [0.2, 0.25) is 0 Å². The molecule has 0 spiro atoms. The van der Waals surface area contributed by atoms with E-state index in [1.807, 2.05) is 25.1 Å². The third-order valence-electron chi connectivity index (χ3n) is 6.35. The van der Waals surface area contributed by atoms with E-state index in [0.29, 0.717) is 50.0 Å². The number of carbonyl (C=O) groups excluding carboxylic acids is 1. The van der Waals surface area contributed by atoms with Crippen LogP contribution in [0.3, 0.4) is 0 Å². The molecule has 3 heterocycles. The Labute approximate surface area is 232 Å². The summed E-state index contributed by atoms with van der Waals surface area (Å²) in [6.07, 6.45) is 1.63. The minimum Gasteiger partial charge on any atom is -0.494 e. The van der Waals surface area contributed by atoms with Gasteiger partial charge in [0, 0.05) is 17.2 Å². The fourth-order valence-corrected chi connectivity index (χ4v) is 5.60. The molecule has 0 fully saturated rings. The molecule has 1 aliphatic rings. The Morgan fingerprint density at radius 3 is 2.52 bits per heavy atom. The number of allylic oxidation sites excluding steroid dienone is 1. The van der Waals surface area contributed by atoms with Crippen molar-refractivity contribution in [2.75, 3.05) is 13.2 Å². The van der Waals surface area contributed by atoms with E-state index in [1.54, 1.807) is 50.3 Å². The molecule has 204 valence electrons. The lowest BCUT2D eigenvalue weighted by atomic mass is 9.95. The molecule has 2 aromatic carbocycles. The van der Waals surface area contributed by atoms with Crippen LogP contribution in [0.4, 0.5) is 0 Å². The first-order valence-electron chi connectivity index (χ1n) is 12.7. The lowest BCUT2D eigenvalue weighted by molar-refractivity contribution is -0.139. The lowest BCUT2D eigenvalue weighted by Gasteiger charge is -2.26. The summed E-state index contributed by atoms with van der Waals surface area (Å²) in [5.74, 6) is -0.0229. The van der Waals surface area contributed by atoms with Crippen molar-refractivity contribution in [2.24, 2.45) is 4.99 Å². The Bertz CT molecular complexity index is 1810. The number of aromatic nitrogens is 1. The van der Waals surface area contributed by atoms with E-state index in [4.69, 9.17) is 19.0 Å². The van der Waals surface area contributed by atoms with Gasteiger partial charge in [0.25, 0.3) is 5.56 Å². The maximum absolute atomic E-state index is 13.9. The van der Waals surface area contributed by atoms with Gasteiger partial charge in [-0.1, -0.05) is 41.7 Å². The van der Waals surface area contributed by atoms with Gasteiger partial charge in [0.2, 0.25) is 0 Å². The second-order valence-corrected chi connectivity index (χ2v) is 9.87. The fourth-order valence-electron chi connectivity index (χ4n) is 4.57. The summed E-state index contributed by atoms with van der Waals surface area (Å²) in [5.41, 5.74) is 1.94. The van der Waals surface area contributed by atoms with Gasteiger partial charge in [-0.05, 0) is 51.1 Å². The number of hydrogen-bond donors (Lipinski definition) is 1. The van der Waals surface area contributed by atoms with Crippen molar-refractivity contribution in [1.82, 2.24) is 4.57 Å².